The van der Waals surface area contributed by atoms with E-state index in [9.17, 15) is 4.79 Å². The number of hydrogen-bond donors (Lipinski definition) is 2. The highest BCUT2D eigenvalue weighted by atomic mass is 16.1. The quantitative estimate of drug-likeness (QED) is 0.822. The van der Waals surface area contributed by atoms with Gasteiger partial charge in [-0.25, -0.2) is 0 Å². The Morgan fingerprint density at radius 1 is 1.65 bits per heavy atom. The first kappa shape index (κ1) is 12.1. The Hall–Kier alpha value is -1.36. The molecule has 94 valence electrons. The first-order valence-corrected chi connectivity index (χ1v) is 6.18. The van der Waals surface area contributed by atoms with Crippen LogP contribution in [-0.2, 0) is 13.0 Å². The third kappa shape index (κ3) is 2.07. The number of carbonyl (C=O) groups is 1. The van der Waals surface area contributed by atoms with E-state index < -0.39 is 5.91 Å². The maximum Gasteiger partial charge on any atom is 0.269 e. The van der Waals surface area contributed by atoms with Crippen LogP contribution in [-0.4, -0.2) is 21.7 Å². The number of primary amides is 1. The Labute approximate surface area is 101 Å². The van der Waals surface area contributed by atoms with E-state index in [0.29, 0.717) is 18.3 Å². The second-order valence-corrected chi connectivity index (χ2v) is 4.87. The molecule has 0 aromatic carbocycles. The maximum atomic E-state index is 11.4. The molecule has 0 spiro atoms. The fraction of sp³-hybridized carbons (Fsp3) is 0.667. The minimum atomic E-state index is -0.433. The van der Waals surface area contributed by atoms with Crippen LogP contribution < -0.4 is 11.1 Å². The van der Waals surface area contributed by atoms with Gasteiger partial charge in [-0.05, 0) is 20.3 Å². The minimum Gasteiger partial charge on any atom is -0.364 e. The summed E-state index contributed by atoms with van der Waals surface area (Å²) < 4.78 is 1.94. The molecule has 1 aliphatic rings. The van der Waals surface area contributed by atoms with Crippen molar-refractivity contribution in [3.8, 4) is 0 Å². The average Bonchev–Trinajstić information content (AvgIpc) is 2.67. The monoisotopic (exact) mass is 236 g/mol. The van der Waals surface area contributed by atoms with Gasteiger partial charge in [-0.2, -0.15) is 5.10 Å². The van der Waals surface area contributed by atoms with E-state index in [0.717, 1.165) is 18.4 Å². The second-order valence-electron chi connectivity index (χ2n) is 4.87. The van der Waals surface area contributed by atoms with E-state index in [1.54, 1.807) is 0 Å². The topological polar surface area (TPSA) is 72.9 Å². The predicted octanol–water partition coefficient (Wildman–Crippen LogP) is 0.987. The number of nitrogens with two attached hydrogens (primary N) is 1. The van der Waals surface area contributed by atoms with Gasteiger partial charge in [-0.3, -0.25) is 9.48 Å². The molecule has 1 unspecified atom stereocenters. The zero-order valence-electron chi connectivity index (χ0n) is 10.7. The van der Waals surface area contributed by atoms with Crippen molar-refractivity contribution in [1.29, 1.82) is 0 Å². The lowest BCUT2D eigenvalue weighted by atomic mass is 9.98. The Balaban J connectivity index is 2.46. The predicted molar refractivity (Wildman–Crippen MR) is 65.8 cm³/mol. The summed E-state index contributed by atoms with van der Waals surface area (Å²) in [6, 6.07) is 0.727. The smallest absolute Gasteiger partial charge is 0.269 e. The van der Waals surface area contributed by atoms with Crippen molar-refractivity contribution >= 4 is 5.91 Å². The van der Waals surface area contributed by atoms with Crippen molar-refractivity contribution in [3.63, 3.8) is 0 Å². The van der Waals surface area contributed by atoms with Crippen LogP contribution in [0.2, 0.25) is 0 Å². The van der Waals surface area contributed by atoms with Gasteiger partial charge in [0.05, 0.1) is 0 Å². The number of amides is 1. The molecular weight excluding hydrogens is 216 g/mol. The van der Waals surface area contributed by atoms with Crippen molar-refractivity contribution in [2.24, 2.45) is 5.73 Å². The Bertz CT molecular complexity index is 436. The summed E-state index contributed by atoms with van der Waals surface area (Å²) in [6.07, 6.45) is 2.00. The van der Waals surface area contributed by atoms with E-state index in [-0.39, 0.29) is 6.04 Å². The first-order valence-electron chi connectivity index (χ1n) is 6.18. The van der Waals surface area contributed by atoms with Crippen molar-refractivity contribution in [1.82, 2.24) is 15.1 Å². The number of fused-ring (bicyclic) bond motifs is 1. The van der Waals surface area contributed by atoms with Crippen LogP contribution in [0.25, 0.3) is 0 Å². The summed E-state index contributed by atoms with van der Waals surface area (Å²) >= 11 is 0. The lowest BCUT2D eigenvalue weighted by molar-refractivity contribution is 0.0993. The van der Waals surface area contributed by atoms with Gasteiger partial charge in [0.1, 0.15) is 0 Å². The SMILES string of the molecule is CCC1Cc2c(c(C(N)=O)nn2C(C)C)CN1. The van der Waals surface area contributed by atoms with E-state index in [1.165, 1.54) is 5.69 Å². The van der Waals surface area contributed by atoms with Crippen LogP contribution >= 0.6 is 0 Å². The maximum absolute atomic E-state index is 11.4. The second kappa shape index (κ2) is 4.49. The van der Waals surface area contributed by atoms with E-state index in [1.807, 2.05) is 4.68 Å². The third-order valence-electron chi connectivity index (χ3n) is 3.34. The fourth-order valence-corrected chi connectivity index (χ4v) is 2.37. The summed E-state index contributed by atoms with van der Waals surface area (Å²) in [5.41, 5.74) is 7.95. The first-order chi connectivity index (χ1) is 8.04. The fourth-order valence-electron chi connectivity index (χ4n) is 2.37. The summed E-state index contributed by atoms with van der Waals surface area (Å²) in [6.45, 7) is 6.99. The summed E-state index contributed by atoms with van der Waals surface area (Å²) in [7, 11) is 0. The summed E-state index contributed by atoms with van der Waals surface area (Å²) in [4.78, 5) is 11.4. The summed E-state index contributed by atoms with van der Waals surface area (Å²) in [5, 5.41) is 7.77. The number of carbonyl (C=O) groups excluding carboxylic acids is 1. The van der Waals surface area contributed by atoms with Crippen LogP contribution in [0.3, 0.4) is 0 Å². The van der Waals surface area contributed by atoms with Crippen LogP contribution in [0.15, 0.2) is 0 Å². The molecule has 0 fully saturated rings. The normalized spacial score (nSPS) is 19.4. The van der Waals surface area contributed by atoms with Crippen molar-refractivity contribution < 1.29 is 4.79 Å². The lowest BCUT2D eigenvalue weighted by Gasteiger charge is -2.24. The van der Waals surface area contributed by atoms with Crippen LogP contribution in [0, 0.1) is 0 Å². The number of rotatable bonds is 3. The molecule has 1 atom stereocenters. The zero-order chi connectivity index (χ0) is 12.6. The molecule has 5 heteroatoms. The molecule has 1 aromatic rings. The van der Waals surface area contributed by atoms with Gasteiger partial charge in [-0.1, -0.05) is 6.92 Å². The molecule has 1 aliphatic heterocycles. The van der Waals surface area contributed by atoms with Gasteiger partial charge >= 0.3 is 0 Å². The van der Waals surface area contributed by atoms with Crippen LogP contribution in [0.5, 0.6) is 0 Å². The highest BCUT2D eigenvalue weighted by Gasteiger charge is 2.27. The van der Waals surface area contributed by atoms with Crippen LogP contribution in [0.4, 0.5) is 0 Å². The largest absolute Gasteiger partial charge is 0.364 e. The van der Waals surface area contributed by atoms with Crippen molar-refractivity contribution in [2.45, 2.75) is 52.2 Å². The van der Waals surface area contributed by atoms with Gasteiger partial charge in [-0.15, -0.1) is 0 Å². The van der Waals surface area contributed by atoms with Crippen molar-refractivity contribution in [3.05, 3.63) is 17.0 Å². The number of nitrogens with one attached hydrogen (secondary N) is 1. The average molecular weight is 236 g/mol. The molecular formula is C12H20N4O. The van der Waals surface area contributed by atoms with Crippen LogP contribution in [0.1, 0.15) is 55.0 Å². The Kier molecular flexibility index (Phi) is 3.19. The van der Waals surface area contributed by atoms with Gasteiger partial charge in [0.25, 0.3) is 5.91 Å². The highest BCUT2D eigenvalue weighted by molar-refractivity contribution is 5.92. The molecule has 1 aromatic heterocycles. The molecule has 0 bridgehead atoms. The van der Waals surface area contributed by atoms with E-state index >= 15 is 0 Å². The highest BCUT2D eigenvalue weighted by Crippen LogP contribution is 2.24. The zero-order valence-corrected chi connectivity index (χ0v) is 10.7. The molecule has 0 saturated carbocycles. The van der Waals surface area contributed by atoms with Gasteiger partial charge in [0.2, 0.25) is 0 Å². The molecule has 5 nitrogen and oxygen atoms in total. The van der Waals surface area contributed by atoms with Gasteiger partial charge < -0.3 is 11.1 Å². The Morgan fingerprint density at radius 3 is 2.88 bits per heavy atom. The standard InChI is InChI=1S/C12H20N4O/c1-4-8-5-10-9(6-14-8)11(12(13)17)15-16(10)7(2)3/h7-8,14H,4-6H2,1-3H3,(H2,13,17). The molecule has 0 radical (unpaired) electrons. The van der Waals surface area contributed by atoms with E-state index in [2.05, 4.69) is 31.2 Å². The molecule has 3 N–H and O–H groups in total. The molecule has 0 saturated heterocycles. The number of nitrogens with zero attached hydrogens (tertiary/aromatic N) is 2. The molecule has 2 rings (SSSR count). The summed E-state index contributed by atoms with van der Waals surface area (Å²) in [5.74, 6) is -0.433. The number of hydrogen-bond acceptors (Lipinski definition) is 3. The lowest BCUT2D eigenvalue weighted by Crippen LogP contribution is -2.36. The minimum absolute atomic E-state index is 0.257. The van der Waals surface area contributed by atoms with E-state index in [4.69, 9.17) is 5.73 Å². The Morgan fingerprint density at radius 2 is 2.35 bits per heavy atom. The molecule has 1 amide bonds. The van der Waals surface area contributed by atoms with Crippen molar-refractivity contribution in [2.75, 3.05) is 0 Å². The third-order valence-corrected chi connectivity index (χ3v) is 3.34. The molecule has 0 aliphatic carbocycles. The van der Waals surface area contributed by atoms with Gasteiger partial charge in [0, 0.05) is 36.3 Å². The molecule has 2 heterocycles. The van der Waals surface area contributed by atoms with Gasteiger partial charge in [0.15, 0.2) is 5.69 Å². The number of aromatic nitrogens is 2. The molecule has 17 heavy (non-hydrogen) atoms.